The Bertz CT molecular complexity index is 1080. The number of hydrogen-bond acceptors (Lipinski definition) is 6. The van der Waals surface area contributed by atoms with Crippen LogP contribution in [0.1, 0.15) is 37.9 Å². The summed E-state index contributed by atoms with van der Waals surface area (Å²) in [5, 5.41) is 7.13. The molecule has 0 saturated heterocycles. The predicted molar refractivity (Wildman–Crippen MR) is 127 cm³/mol. The molecular formula is C22H23ClN4OS2. The molecule has 0 bridgehead atoms. The first-order valence-electron chi connectivity index (χ1n) is 9.73. The average Bonchev–Trinajstić information content (AvgIpc) is 3.41. The van der Waals surface area contributed by atoms with Crippen molar-refractivity contribution in [1.82, 2.24) is 9.97 Å². The highest BCUT2D eigenvalue weighted by Gasteiger charge is 2.33. The van der Waals surface area contributed by atoms with E-state index in [9.17, 15) is 4.79 Å². The second-order valence-corrected chi connectivity index (χ2v) is 10.4. The number of rotatable bonds is 7. The van der Waals surface area contributed by atoms with Crippen LogP contribution in [0.3, 0.4) is 0 Å². The Labute approximate surface area is 189 Å². The van der Waals surface area contributed by atoms with E-state index in [0.29, 0.717) is 10.3 Å². The fraction of sp³-hybridized carbons (Fsp3) is 0.318. The zero-order valence-corrected chi connectivity index (χ0v) is 19.4. The van der Waals surface area contributed by atoms with Crippen molar-refractivity contribution in [3.63, 3.8) is 0 Å². The van der Waals surface area contributed by atoms with Crippen LogP contribution in [-0.2, 0) is 10.2 Å². The summed E-state index contributed by atoms with van der Waals surface area (Å²) in [6, 6.07) is 7.72. The first-order valence-corrected chi connectivity index (χ1v) is 11.9. The number of carbonyl (C=O) groups is 1. The highest BCUT2D eigenvalue weighted by Crippen LogP contribution is 2.36. The molecule has 5 nitrogen and oxygen atoms in total. The topological polar surface area (TPSA) is 66.9 Å². The van der Waals surface area contributed by atoms with Crippen molar-refractivity contribution in [2.75, 3.05) is 10.0 Å². The van der Waals surface area contributed by atoms with Gasteiger partial charge in [0.25, 0.3) is 0 Å². The minimum absolute atomic E-state index is 0.0919. The van der Waals surface area contributed by atoms with Crippen molar-refractivity contribution in [3.8, 4) is 11.1 Å². The van der Waals surface area contributed by atoms with E-state index in [1.54, 1.807) is 24.3 Å². The summed E-state index contributed by atoms with van der Waals surface area (Å²) in [7, 11) is 0. The molecule has 1 fully saturated rings. The number of nitrogens with zero attached hydrogens (tertiary/aromatic N) is 2. The summed E-state index contributed by atoms with van der Waals surface area (Å²) in [5.74, 6) is -0.0919. The first-order chi connectivity index (χ1) is 14.3. The fourth-order valence-corrected chi connectivity index (χ4v) is 4.87. The summed E-state index contributed by atoms with van der Waals surface area (Å²) in [6.45, 7) is 5.80. The van der Waals surface area contributed by atoms with E-state index in [1.165, 1.54) is 24.2 Å². The lowest BCUT2D eigenvalue weighted by Crippen LogP contribution is -2.35. The Morgan fingerprint density at radius 3 is 2.77 bits per heavy atom. The number of carbonyl (C=O) groups excluding carboxylic acids is 1. The van der Waals surface area contributed by atoms with Gasteiger partial charge < -0.3 is 10.0 Å². The fourth-order valence-electron chi connectivity index (χ4n) is 2.96. The number of halogens is 1. The standard InChI is InChI=1S/C22H23ClN4OS2/c1-13-8-16(4-7-18(13)14-9-15(23)11-24-10-14)25-20(28)22(2,3)19-12-29-21(26-19)27-30-17-5-6-17/h4,7-12,17H,5-6H2,1-3H3,(H,25,28)(H,26,27). The van der Waals surface area contributed by atoms with Gasteiger partial charge >= 0.3 is 0 Å². The molecular weight excluding hydrogens is 436 g/mol. The highest BCUT2D eigenvalue weighted by molar-refractivity contribution is 8.01. The predicted octanol–water partition coefficient (Wildman–Crippen LogP) is 6.31. The number of benzene rings is 1. The van der Waals surface area contributed by atoms with Crippen LogP contribution in [0.2, 0.25) is 5.02 Å². The first kappa shape index (κ1) is 21.2. The molecule has 0 radical (unpaired) electrons. The zero-order valence-electron chi connectivity index (χ0n) is 17.0. The van der Waals surface area contributed by atoms with Crippen LogP contribution in [0.5, 0.6) is 0 Å². The van der Waals surface area contributed by atoms with E-state index in [2.05, 4.69) is 20.0 Å². The van der Waals surface area contributed by atoms with Crippen molar-refractivity contribution >= 4 is 51.6 Å². The van der Waals surface area contributed by atoms with Crippen LogP contribution in [0.25, 0.3) is 11.1 Å². The minimum atomic E-state index is -0.746. The quantitative estimate of drug-likeness (QED) is 0.406. The van der Waals surface area contributed by atoms with Crippen molar-refractivity contribution in [2.24, 2.45) is 0 Å². The Morgan fingerprint density at radius 1 is 1.27 bits per heavy atom. The molecule has 8 heteroatoms. The third-order valence-electron chi connectivity index (χ3n) is 5.05. The molecule has 2 aromatic heterocycles. The van der Waals surface area contributed by atoms with E-state index in [0.717, 1.165) is 33.2 Å². The average molecular weight is 459 g/mol. The molecule has 1 aromatic carbocycles. The van der Waals surface area contributed by atoms with Gasteiger partial charge in [-0.15, -0.1) is 11.3 Å². The molecule has 1 amide bonds. The van der Waals surface area contributed by atoms with E-state index in [4.69, 9.17) is 11.6 Å². The molecule has 156 valence electrons. The number of anilines is 2. The summed E-state index contributed by atoms with van der Waals surface area (Å²) >= 11 is 9.32. The molecule has 0 aliphatic heterocycles. The largest absolute Gasteiger partial charge is 0.325 e. The van der Waals surface area contributed by atoms with Gasteiger partial charge in [0.05, 0.1) is 16.1 Å². The third kappa shape index (κ3) is 4.79. The molecule has 1 saturated carbocycles. The lowest BCUT2D eigenvalue weighted by atomic mass is 9.89. The molecule has 4 rings (SSSR count). The van der Waals surface area contributed by atoms with Gasteiger partial charge in [-0.1, -0.05) is 17.7 Å². The monoisotopic (exact) mass is 458 g/mol. The van der Waals surface area contributed by atoms with Crippen molar-refractivity contribution < 1.29 is 4.79 Å². The van der Waals surface area contributed by atoms with Gasteiger partial charge in [-0.3, -0.25) is 9.78 Å². The van der Waals surface area contributed by atoms with Gasteiger partial charge in [0, 0.05) is 34.3 Å². The molecule has 1 aliphatic carbocycles. The zero-order chi connectivity index (χ0) is 21.3. The molecule has 0 unspecified atom stereocenters. The van der Waals surface area contributed by atoms with Crippen LogP contribution < -0.4 is 10.0 Å². The van der Waals surface area contributed by atoms with Crippen LogP contribution in [0.4, 0.5) is 10.8 Å². The van der Waals surface area contributed by atoms with Gasteiger partial charge in [-0.25, -0.2) is 4.98 Å². The Kier molecular flexibility index (Phi) is 6.04. The third-order valence-corrected chi connectivity index (χ3v) is 7.26. The molecule has 30 heavy (non-hydrogen) atoms. The maximum Gasteiger partial charge on any atom is 0.236 e. The van der Waals surface area contributed by atoms with Gasteiger partial charge in [0.1, 0.15) is 0 Å². The normalized spacial score (nSPS) is 13.9. The number of aryl methyl sites for hydroxylation is 1. The lowest BCUT2D eigenvalue weighted by Gasteiger charge is -2.22. The van der Waals surface area contributed by atoms with Crippen molar-refractivity contribution in [2.45, 2.75) is 44.3 Å². The van der Waals surface area contributed by atoms with Gasteiger partial charge in [0.15, 0.2) is 5.13 Å². The minimum Gasteiger partial charge on any atom is -0.325 e. The highest BCUT2D eigenvalue weighted by atomic mass is 35.5. The van der Waals surface area contributed by atoms with Crippen molar-refractivity contribution in [1.29, 1.82) is 0 Å². The lowest BCUT2D eigenvalue weighted by molar-refractivity contribution is -0.120. The second kappa shape index (κ2) is 8.57. The molecule has 2 N–H and O–H groups in total. The van der Waals surface area contributed by atoms with E-state index in [-0.39, 0.29) is 5.91 Å². The number of thiazole rings is 1. The van der Waals surface area contributed by atoms with Gasteiger partial charge in [-0.05, 0) is 74.9 Å². The second-order valence-electron chi connectivity index (χ2n) is 7.96. The van der Waals surface area contributed by atoms with Gasteiger partial charge in [-0.2, -0.15) is 0 Å². The number of hydrogen-bond donors (Lipinski definition) is 2. The number of aromatic nitrogens is 2. The van der Waals surface area contributed by atoms with Crippen LogP contribution in [-0.4, -0.2) is 21.1 Å². The smallest absolute Gasteiger partial charge is 0.236 e. The molecule has 3 aromatic rings. The summed E-state index contributed by atoms with van der Waals surface area (Å²) in [5.41, 5.74) is 3.79. The molecule has 1 aliphatic rings. The Balaban J connectivity index is 1.46. The summed E-state index contributed by atoms with van der Waals surface area (Å²) in [6.07, 6.45) is 5.91. The molecule has 0 atom stereocenters. The summed E-state index contributed by atoms with van der Waals surface area (Å²) in [4.78, 5) is 21.8. The van der Waals surface area contributed by atoms with E-state index in [1.807, 2.05) is 50.4 Å². The number of nitrogens with one attached hydrogen (secondary N) is 2. The van der Waals surface area contributed by atoms with Gasteiger partial charge in [0.2, 0.25) is 5.91 Å². The summed E-state index contributed by atoms with van der Waals surface area (Å²) < 4.78 is 3.30. The Morgan fingerprint density at radius 2 is 2.07 bits per heavy atom. The van der Waals surface area contributed by atoms with Crippen LogP contribution in [0.15, 0.2) is 42.0 Å². The number of pyridine rings is 1. The maximum absolute atomic E-state index is 13.0. The number of amides is 1. The van der Waals surface area contributed by atoms with E-state index >= 15 is 0 Å². The van der Waals surface area contributed by atoms with Crippen molar-refractivity contribution in [3.05, 3.63) is 58.3 Å². The van der Waals surface area contributed by atoms with Crippen LogP contribution >= 0.6 is 34.9 Å². The van der Waals surface area contributed by atoms with Crippen LogP contribution in [0, 0.1) is 6.92 Å². The maximum atomic E-state index is 13.0. The van der Waals surface area contributed by atoms with E-state index < -0.39 is 5.41 Å². The SMILES string of the molecule is Cc1cc(NC(=O)C(C)(C)c2csc(NSC3CC3)n2)ccc1-c1cncc(Cl)c1. The molecule has 2 heterocycles. The molecule has 0 spiro atoms. The Hall–Kier alpha value is -2.09.